The number of amides is 1. The van der Waals surface area contributed by atoms with E-state index in [9.17, 15) is 9.59 Å². The first-order valence-corrected chi connectivity index (χ1v) is 4.81. The molecule has 0 aliphatic heterocycles. The fraction of sp³-hybridized carbons (Fsp3) is 0.800. The molecule has 1 amide bonds. The van der Waals surface area contributed by atoms with Crippen molar-refractivity contribution in [3.8, 4) is 0 Å². The van der Waals surface area contributed by atoms with Gasteiger partial charge in [0, 0.05) is 13.0 Å². The van der Waals surface area contributed by atoms with Gasteiger partial charge in [-0.3, -0.25) is 9.63 Å². The van der Waals surface area contributed by atoms with Crippen molar-refractivity contribution in [2.75, 3.05) is 14.2 Å². The molecular weight excluding hydrogens is 182 g/mol. The molecule has 0 spiro atoms. The van der Waals surface area contributed by atoms with Crippen LogP contribution in [0.25, 0.3) is 0 Å². The summed E-state index contributed by atoms with van der Waals surface area (Å²) in [5.74, 6) is 0.183. The number of rotatable bonds is 4. The molecule has 1 fully saturated rings. The molecule has 0 aromatic heterocycles. The maximum absolute atomic E-state index is 11.7. The van der Waals surface area contributed by atoms with E-state index in [1.807, 2.05) is 13.8 Å². The van der Waals surface area contributed by atoms with E-state index in [0.29, 0.717) is 5.92 Å². The predicted octanol–water partition coefficient (Wildman–Crippen LogP) is 0.723. The summed E-state index contributed by atoms with van der Waals surface area (Å²) in [5, 5.41) is 1.20. The minimum atomic E-state index is -0.169. The molecule has 0 aromatic rings. The maximum Gasteiger partial charge on any atom is 0.249 e. The first-order chi connectivity index (χ1) is 6.54. The molecule has 1 saturated carbocycles. The third-order valence-corrected chi connectivity index (χ3v) is 2.93. The molecule has 0 unspecified atom stereocenters. The van der Waals surface area contributed by atoms with E-state index in [0.717, 1.165) is 6.29 Å². The van der Waals surface area contributed by atoms with Crippen molar-refractivity contribution in [1.82, 2.24) is 5.06 Å². The highest BCUT2D eigenvalue weighted by molar-refractivity contribution is 5.86. The average molecular weight is 199 g/mol. The molecule has 0 saturated heterocycles. The Bertz CT molecular complexity index is 240. The number of carbonyl (C=O) groups excluding carboxylic acids is 2. The van der Waals surface area contributed by atoms with Gasteiger partial charge in [-0.05, 0) is 11.8 Å². The van der Waals surface area contributed by atoms with Crippen LogP contribution < -0.4 is 0 Å². The van der Waals surface area contributed by atoms with Crippen LogP contribution in [-0.4, -0.2) is 31.4 Å². The second-order valence-electron chi connectivity index (χ2n) is 4.08. The zero-order valence-corrected chi connectivity index (χ0v) is 9.06. The minimum Gasteiger partial charge on any atom is -0.303 e. The van der Waals surface area contributed by atoms with Crippen LogP contribution in [-0.2, 0) is 14.4 Å². The van der Waals surface area contributed by atoms with Gasteiger partial charge in [-0.1, -0.05) is 13.8 Å². The van der Waals surface area contributed by atoms with E-state index in [-0.39, 0.29) is 23.7 Å². The molecule has 4 nitrogen and oxygen atoms in total. The first-order valence-electron chi connectivity index (χ1n) is 4.81. The zero-order chi connectivity index (χ0) is 10.9. The predicted molar refractivity (Wildman–Crippen MR) is 51.2 cm³/mol. The molecule has 0 aromatic carbocycles. The van der Waals surface area contributed by atoms with Crippen molar-refractivity contribution < 1.29 is 14.4 Å². The Hall–Kier alpha value is -0.900. The van der Waals surface area contributed by atoms with Gasteiger partial charge in [-0.25, -0.2) is 5.06 Å². The second-order valence-corrected chi connectivity index (χ2v) is 4.08. The third-order valence-electron chi connectivity index (χ3n) is 2.93. The van der Waals surface area contributed by atoms with E-state index in [2.05, 4.69) is 0 Å². The molecule has 0 heterocycles. The van der Waals surface area contributed by atoms with Crippen LogP contribution in [0.1, 0.15) is 13.8 Å². The van der Waals surface area contributed by atoms with Gasteiger partial charge in [0.2, 0.25) is 5.91 Å². The van der Waals surface area contributed by atoms with Crippen molar-refractivity contribution >= 4 is 12.2 Å². The summed E-state index contributed by atoms with van der Waals surface area (Å²) in [6, 6.07) is 0. The van der Waals surface area contributed by atoms with Gasteiger partial charge in [0.05, 0.1) is 13.0 Å². The monoisotopic (exact) mass is 199 g/mol. The Labute approximate surface area is 84.2 Å². The molecule has 1 rings (SSSR count). The van der Waals surface area contributed by atoms with Crippen molar-refractivity contribution in [3.63, 3.8) is 0 Å². The quantitative estimate of drug-likeness (QED) is 0.495. The van der Waals surface area contributed by atoms with Gasteiger partial charge in [-0.15, -0.1) is 0 Å². The summed E-state index contributed by atoms with van der Waals surface area (Å²) in [4.78, 5) is 27.2. The lowest BCUT2D eigenvalue weighted by atomic mass is 10.1. The summed E-state index contributed by atoms with van der Waals surface area (Å²) in [5.41, 5.74) is 0. The number of nitrogens with zero attached hydrogens (tertiary/aromatic N) is 1. The van der Waals surface area contributed by atoms with Gasteiger partial charge in [-0.2, -0.15) is 0 Å². The standard InChI is InChI=1S/C10H17NO3/c1-6(2)8-7(5-12)9(8)10(13)11(3)14-4/h5-9H,1-4H3/t7-,8+,9-/m1/s1. The van der Waals surface area contributed by atoms with Crippen LogP contribution in [0.5, 0.6) is 0 Å². The molecule has 14 heavy (non-hydrogen) atoms. The normalized spacial score (nSPS) is 30.2. The summed E-state index contributed by atoms with van der Waals surface area (Å²) in [7, 11) is 3.01. The van der Waals surface area contributed by atoms with E-state index in [1.54, 1.807) is 7.05 Å². The zero-order valence-electron chi connectivity index (χ0n) is 9.06. The number of carbonyl (C=O) groups is 2. The lowest BCUT2D eigenvalue weighted by Gasteiger charge is -2.13. The smallest absolute Gasteiger partial charge is 0.249 e. The number of hydroxylamine groups is 2. The van der Waals surface area contributed by atoms with Crippen molar-refractivity contribution in [2.24, 2.45) is 23.7 Å². The van der Waals surface area contributed by atoms with Crippen molar-refractivity contribution in [3.05, 3.63) is 0 Å². The van der Waals surface area contributed by atoms with E-state index >= 15 is 0 Å². The number of hydrogen-bond donors (Lipinski definition) is 0. The molecule has 3 atom stereocenters. The van der Waals surface area contributed by atoms with Gasteiger partial charge >= 0.3 is 0 Å². The molecular formula is C10H17NO3. The molecule has 80 valence electrons. The Kier molecular flexibility index (Phi) is 3.26. The topological polar surface area (TPSA) is 46.6 Å². The highest BCUT2D eigenvalue weighted by Gasteiger charge is 2.56. The Morgan fingerprint density at radius 2 is 2.07 bits per heavy atom. The van der Waals surface area contributed by atoms with Crippen LogP contribution in [0.15, 0.2) is 0 Å². The van der Waals surface area contributed by atoms with E-state index < -0.39 is 0 Å². The van der Waals surface area contributed by atoms with Crippen molar-refractivity contribution in [1.29, 1.82) is 0 Å². The third kappa shape index (κ3) is 1.80. The lowest BCUT2D eigenvalue weighted by Crippen LogP contribution is -2.28. The molecule has 4 heteroatoms. The average Bonchev–Trinajstić information content (AvgIpc) is 2.89. The minimum absolute atomic E-state index is 0.0942. The van der Waals surface area contributed by atoms with Gasteiger partial charge < -0.3 is 4.79 Å². The largest absolute Gasteiger partial charge is 0.303 e. The summed E-state index contributed by atoms with van der Waals surface area (Å²) in [6.45, 7) is 4.06. The Morgan fingerprint density at radius 1 is 1.50 bits per heavy atom. The van der Waals surface area contributed by atoms with Crippen LogP contribution in [0.2, 0.25) is 0 Å². The van der Waals surface area contributed by atoms with Crippen LogP contribution in [0.3, 0.4) is 0 Å². The Morgan fingerprint density at radius 3 is 2.36 bits per heavy atom. The van der Waals surface area contributed by atoms with Crippen molar-refractivity contribution in [2.45, 2.75) is 13.8 Å². The molecule has 1 aliphatic rings. The maximum atomic E-state index is 11.7. The first kappa shape index (κ1) is 11.2. The molecule has 0 bridgehead atoms. The van der Waals surface area contributed by atoms with E-state index in [1.165, 1.54) is 12.2 Å². The summed E-state index contributed by atoms with van der Waals surface area (Å²) in [6.07, 6.45) is 0.886. The SMILES string of the molecule is CON(C)C(=O)[C@@H]1[C@H](C=O)[C@@H]1C(C)C. The molecule has 0 N–H and O–H groups in total. The van der Waals surface area contributed by atoms with Crippen LogP contribution in [0, 0.1) is 23.7 Å². The Balaban J connectivity index is 2.62. The van der Waals surface area contributed by atoms with Gasteiger partial charge in [0.1, 0.15) is 6.29 Å². The summed E-state index contributed by atoms with van der Waals surface area (Å²) >= 11 is 0. The number of aldehydes is 1. The van der Waals surface area contributed by atoms with Crippen LogP contribution >= 0.6 is 0 Å². The molecule has 0 radical (unpaired) electrons. The second kappa shape index (κ2) is 4.09. The molecule has 1 aliphatic carbocycles. The van der Waals surface area contributed by atoms with E-state index in [4.69, 9.17) is 4.84 Å². The number of hydrogen-bond acceptors (Lipinski definition) is 3. The fourth-order valence-corrected chi connectivity index (χ4v) is 2.02. The highest BCUT2D eigenvalue weighted by atomic mass is 16.7. The summed E-state index contributed by atoms with van der Waals surface area (Å²) < 4.78 is 0. The van der Waals surface area contributed by atoms with Gasteiger partial charge in [0.25, 0.3) is 0 Å². The lowest BCUT2D eigenvalue weighted by molar-refractivity contribution is -0.171. The van der Waals surface area contributed by atoms with Crippen LogP contribution in [0.4, 0.5) is 0 Å². The fourth-order valence-electron chi connectivity index (χ4n) is 2.02. The highest BCUT2D eigenvalue weighted by Crippen LogP contribution is 2.50. The van der Waals surface area contributed by atoms with Gasteiger partial charge in [0.15, 0.2) is 0 Å².